The number of hydrogen-bond acceptors (Lipinski definition) is 2. The van der Waals surface area contributed by atoms with Crippen molar-refractivity contribution >= 4 is 17.4 Å². The van der Waals surface area contributed by atoms with Crippen molar-refractivity contribution in [2.24, 2.45) is 0 Å². The normalized spacial score (nSPS) is 13.2. The standard InChI is InChI=1S/C22H19F2N3O/c23-18-7-9-21(20(24)11-18)26-22(28)25-19-8-6-16-13-27(14-17(16)10-19)12-15-4-2-1-3-5-15/h1-11H,12-14H2,(H2,25,26,28). The number of hydrogen-bond donors (Lipinski definition) is 2. The molecule has 0 unspecified atom stereocenters. The maximum absolute atomic E-state index is 13.7. The van der Waals surface area contributed by atoms with Crippen molar-refractivity contribution in [3.8, 4) is 0 Å². The van der Waals surface area contributed by atoms with Crippen LogP contribution in [0.25, 0.3) is 0 Å². The number of carbonyl (C=O) groups is 1. The molecule has 28 heavy (non-hydrogen) atoms. The van der Waals surface area contributed by atoms with Crippen LogP contribution in [0.2, 0.25) is 0 Å². The van der Waals surface area contributed by atoms with Gasteiger partial charge in [0.25, 0.3) is 0 Å². The largest absolute Gasteiger partial charge is 0.323 e. The molecule has 4 rings (SSSR count). The smallest absolute Gasteiger partial charge is 0.308 e. The number of nitrogens with zero attached hydrogens (tertiary/aromatic N) is 1. The monoisotopic (exact) mass is 379 g/mol. The van der Waals surface area contributed by atoms with E-state index in [1.165, 1.54) is 17.2 Å². The van der Waals surface area contributed by atoms with Crippen LogP contribution in [-0.2, 0) is 19.6 Å². The van der Waals surface area contributed by atoms with E-state index in [0.29, 0.717) is 5.69 Å². The first kappa shape index (κ1) is 18.1. The maximum atomic E-state index is 13.7. The van der Waals surface area contributed by atoms with Crippen molar-refractivity contribution < 1.29 is 13.6 Å². The van der Waals surface area contributed by atoms with E-state index in [1.807, 2.05) is 36.4 Å². The van der Waals surface area contributed by atoms with Crippen molar-refractivity contribution in [1.82, 2.24) is 4.90 Å². The minimum absolute atomic E-state index is 0.0749. The molecule has 3 aromatic rings. The fourth-order valence-electron chi connectivity index (χ4n) is 3.37. The lowest BCUT2D eigenvalue weighted by molar-refractivity contribution is 0.262. The molecular formula is C22H19F2N3O. The van der Waals surface area contributed by atoms with E-state index < -0.39 is 17.7 Å². The maximum Gasteiger partial charge on any atom is 0.323 e. The van der Waals surface area contributed by atoms with Gasteiger partial charge in [-0.15, -0.1) is 0 Å². The van der Waals surface area contributed by atoms with Gasteiger partial charge >= 0.3 is 6.03 Å². The zero-order valence-corrected chi connectivity index (χ0v) is 15.1. The van der Waals surface area contributed by atoms with Gasteiger partial charge in [0.05, 0.1) is 5.69 Å². The van der Waals surface area contributed by atoms with E-state index in [2.05, 4.69) is 27.7 Å². The fraction of sp³-hybridized carbons (Fsp3) is 0.136. The fourth-order valence-corrected chi connectivity index (χ4v) is 3.37. The van der Waals surface area contributed by atoms with Crippen LogP contribution >= 0.6 is 0 Å². The Morgan fingerprint density at radius 2 is 1.68 bits per heavy atom. The zero-order chi connectivity index (χ0) is 19.5. The Balaban J connectivity index is 1.39. The second-order valence-corrected chi connectivity index (χ2v) is 6.82. The number of benzene rings is 3. The number of fused-ring (bicyclic) bond motifs is 1. The molecule has 3 aromatic carbocycles. The third-order valence-corrected chi connectivity index (χ3v) is 4.68. The van der Waals surface area contributed by atoms with E-state index in [4.69, 9.17) is 0 Å². The Kier molecular flexibility index (Phi) is 5.04. The van der Waals surface area contributed by atoms with Gasteiger partial charge in [0, 0.05) is 31.4 Å². The second-order valence-electron chi connectivity index (χ2n) is 6.82. The average molecular weight is 379 g/mol. The number of amides is 2. The molecule has 0 aromatic heterocycles. The van der Waals surface area contributed by atoms with Crippen LogP contribution in [0.3, 0.4) is 0 Å². The molecule has 142 valence electrons. The molecule has 1 heterocycles. The van der Waals surface area contributed by atoms with Crippen molar-refractivity contribution in [2.45, 2.75) is 19.6 Å². The minimum Gasteiger partial charge on any atom is -0.308 e. The summed E-state index contributed by atoms with van der Waals surface area (Å²) in [5, 5.41) is 5.09. The van der Waals surface area contributed by atoms with Crippen LogP contribution < -0.4 is 10.6 Å². The Morgan fingerprint density at radius 3 is 2.46 bits per heavy atom. The predicted molar refractivity (Wildman–Crippen MR) is 105 cm³/mol. The molecule has 0 atom stereocenters. The molecule has 4 nitrogen and oxygen atoms in total. The highest BCUT2D eigenvalue weighted by Gasteiger charge is 2.19. The van der Waals surface area contributed by atoms with E-state index in [-0.39, 0.29) is 5.69 Å². The van der Waals surface area contributed by atoms with Crippen LogP contribution in [-0.4, -0.2) is 10.9 Å². The summed E-state index contributed by atoms with van der Waals surface area (Å²) in [4.78, 5) is 14.5. The molecule has 0 saturated carbocycles. The Morgan fingerprint density at radius 1 is 0.893 bits per heavy atom. The van der Waals surface area contributed by atoms with Gasteiger partial charge in [-0.2, -0.15) is 0 Å². The van der Waals surface area contributed by atoms with Crippen LogP contribution in [0, 0.1) is 11.6 Å². The summed E-state index contributed by atoms with van der Waals surface area (Å²) in [7, 11) is 0. The van der Waals surface area contributed by atoms with Crippen molar-refractivity contribution in [3.05, 3.63) is 95.1 Å². The van der Waals surface area contributed by atoms with Gasteiger partial charge in [0.1, 0.15) is 11.6 Å². The lowest BCUT2D eigenvalue weighted by atomic mass is 10.1. The van der Waals surface area contributed by atoms with Crippen molar-refractivity contribution in [1.29, 1.82) is 0 Å². The third kappa shape index (κ3) is 4.18. The molecule has 0 fully saturated rings. The number of urea groups is 1. The lowest BCUT2D eigenvalue weighted by Crippen LogP contribution is -2.20. The first-order chi connectivity index (χ1) is 13.6. The van der Waals surface area contributed by atoms with Crippen molar-refractivity contribution in [2.75, 3.05) is 10.6 Å². The van der Waals surface area contributed by atoms with Crippen LogP contribution in [0.15, 0.2) is 66.7 Å². The van der Waals surface area contributed by atoms with E-state index in [9.17, 15) is 13.6 Å². The average Bonchev–Trinajstić information content (AvgIpc) is 3.06. The van der Waals surface area contributed by atoms with Gasteiger partial charge in [-0.25, -0.2) is 13.6 Å². The molecular weight excluding hydrogens is 360 g/mol. The van der Waals surface area contributed by atoms with Crippen LogP contribution in [0.1, 0.15) is 16.7 Å². The highest BCUT2D eigenvalue weighted by Crippen LogP contribution is 2.27. The molecule has 1 aliphatic rings. The zero-order valence-electron chi connectivity index (χ0n) is 15.1. The number of anilines is 2. The van der Waals surface area contributed by atoms with Crippen LogP contribution in [0.5, 0.6) is 0 Å². The summed E-state index contributed by atoms with van der Waals surface area (Å²) in [5.74, 6) is -1.51. The summed E-state index contributed by atoms with van der Waals surface area (Å²) in [6.45, 7) is 2.52. The Bertz CT molecular complexity index is 1010. The number of rotatable bonds is 4. The third-order valence-electron chi connectivity index (χ3n) is 4.68. The molecule has 0 bridgehead atoms. The molecule has 0 spiro atoms. The summed E-state index contributed by atoms with van der Waals surface area (Å²) in [6.07, 6.45) is 0. The first-order valence-electron chi connectivity index (χ1n) is 8.98. The van der Waals surface area contributed by atoms with E-state index in [0.717, 1.165) is 37.3 Å². The minimum atomic E-state index is -0.819. The Labute approximate surface area is 161 Å². The Hall–Kier alpha value is -3.25. The van der Waals surface area contributed by atoms with Gasteiger partial charge < -0.3 is 10.6 Å². The van der Waals surface area contributed by atoms with E-state index >= 15 is 0 Å². The first-order valence-corrected chi connectivity index (χ1v) is 8.98. The lowest BCUT2D eigenvalue weighted by Gasteiger charge is -2.14. The van der Waals surface area contributed by atoms with Crippen LogP contribution in [0.4, 0.5) is 25.0 Å². The van der Waals surface area contributed by atoms with Gasteiger partial charge in [0.15, 0.2) is 0 Å². The molecule has 0 radical (unpaired) electrons. The quantitative estimate of drug-likeness (QED) is 0.660. The molecule has 6 heteroatoms. The van der Waals surface area contributed by atoms with Gasteiger partial charge in [-0.1, -0.05) is 36.4 Å². The SMILES string of the molecule is O=C(Nc1ccc2c(c1)CN(Cc1ccccc1)C2)Nc1ccc(F)cc1F. The number of carbonyl (C=O) groups excluding carboxylic acids is 1. The van der Waals surface area contributed by atoms with Crippen molar-refractivity contribution in [3.63, 3.8) is 0 Å². The van der Waals surface area contributed by atoms with Gasteiger partial charge in [-0.05, 0) is 41.0 Å². The molecule has 0 aliphatic carbocycles. The molecule has 2 amide bonds. The summed E-state index contributed by atoms with van der Waals surface area (Å²) < 4.78 is 26.6. The summed E-state index contributed by atoms with van der Waals surface area (Å²) in [6, 6.07) is 18.5. The topological polar surface area (TPSA) is 44.4 Å². The van der Waals surface area contributed by atoms with Gasteiger partial charge in [0.2, 0.25) is 0 Å². The summed E-state index contributed by atoms with van der Waals surface area (Å²) >= 11 is 0. The number of halogens is 2. The summed E-state index contributed by atoms with van der Waals surface area (Å²) in [5.41, 5.74) is 4.19. The highest BCUT2D eigenvalue weighted by atomic mass is 19.1. The molecule has 2 N–H and O–H groups in total. The van der Waals surface area contributed by atoms with E-state index in [1.54, 1.807) is 0 Å². The predicted octanol–water partition coefficient (Wildman–Crippen LogP) is 5.12. The highest BCUT2D eigenvalue weighted by molar-refractivity contribution is 5.99. The van der Waals surface area contributed by atoms with Gasteiger partial charge in [-0.3, -0.25) is 4.90 Å². The molecule has 0 saturated heterocycles. The molecule has 1 aliphatic heterocycles. The second kappa shape index (κ2) is 7.78. The number of nitrogens with one attached hydrogen (secondary N) is 2.